The lowest BCUT2D eigenvalue weighted by molar-refractivity contribution is -0.145. The van der Waals surface area contributed by atoms with Gasteiger partial charge in [-0.2, -0.15) is 0 Å². The summed E-state index contributed by atoms with van der Waals surface area (Å²) < 4.78 is 10.6. The number of aliphatic hydroxyl groups excluding tert-OH is 1. The molecule has 4 N–H and O–H groups in total. The van der Waals surface area contributed by atoms with E-state index in [2.05, 4.69) is 23.8 Å². The molecule has 3 unspecified atom stereocenters. The molecule has 11 nitrogen and oxygen atoms in total. The van der Waals surface area contributed by atoms with Crippen molar-refractivity contribution in [1.29, 1.82) is 0 Å². The molecule has 0 aromatic carbocycles. The number of hydrogen-bond acceptors (Lipinski definition) is 7. The fourth-order valence-electron chi connectivity index (χ4n) is 4.09. The number of ether oxygens (including phenoxy) is 2. The number of carboxylic acid groups (broad SMARTS) is 1. The number of nitrogens with one attached hydrogen (secondary N) is 2. The summed E-state index contributed by atoms with van der Waals surface area (Å²) in [5.41, 5.74) is -2.24. The van der Waals surface area contributed by atoms with Crippen LogP contribution in [0.25, 0.3) is 0 Å². The Morgan fingerprint density at radius 2 is 1.94 bits per heavy atom. The Morgan fingerprint density at radius 1 is 1.26 bits per heavy atom. The molecule has 1 saturated heterocycles. The predicted molar refractivity (Wildman–Crippen MR) is 126 cm³/mol. The maximum atomic E-state index is 13.4. The van der Waals surface area contributed by atoms with Crippen molar-refractivity contribution in [1.82, 2.24) is 15.5 Å². The zero-order valence-electron chi connectivity index (χ0n) is 20.6. The topological polar surface area (TPSA) is 154 Å². The summed E-state index contributed by atoms with van der Waals surface area (Å²) in [6.45, 7) is 12.8. The van der Waals surface area contributed by atoms with Gasteiger partial charge in [-0.1, -0.05) is 12.2 Å². The first kappa shape index (κ1) is 28.3. The molecule has 2 fully saturated rings. The van der Waals surface area contributed by atoms with Crippen LogP contribution < -0.4 is 10.6 Å². The third-order valence-electron chi connectivity index (χ3n) is 5.90. The number of aliphatic hydroxyl groups is 1. The number of amides is 3. The summed E-state index contributed by atoms with van der Waals surface area (Å²) in [4.78, 5) is 51.8. The minimum atomic E-state index is -1.46. The third kappa shape index (κ3) is 7.53. The number of aliphatic carboxylic acids is 1. The van der Waals surface area contributed by atoms with Crippen molar-refractivity contribution in [3.63, 3.8) is 0 Å². The average molecular weight is 496 g/mol. The number of hydrogen-bond donors (Lipinski definition) is 4. The summed E-state index contributed by atoms with van der Waals surface area (Å²) in [6, 6.07) is -2.12. The van der Waals surface area contributed by atoms with Crippen molar-refractivity contribution in [2.24, 2.45) is 5.92 Å². The SMILES string of the molecule is C=CCOCCCC(NC(=O)OC(C)(C)C)C(=O)N1C[C@H](O)C[C@H]1C(=O)NC1(C(=O)O)CC1C=C. The number of alkyl carbamates (subject to hydrolysis) is 1. The normalized spacial score (nSPS) is 26.4. The zero-order valence-corrected chi connectivity index (χ0v) is 20.6. The largest absolute Gasteiger partial charge is 0.479 e. The number of carboxylic acids is 1. The molecular weight excluding hydrogens is 458 g/mol. The van der Waals surface area contributed by atoms with Crippen molar-refractivity contribution in [3.8, 4) is 0 Å². The molecule has 0 spiro atoms. The molecule has 196 valence electrons. The molecule has 1 aliphatic carbocycles. The Kier molecular flexibility index (Phi) is 9.45. The zero-order chi connectivity index (χ0) is 26.4. The highest BCUT2D eigenvalue weighted by Gasteiger charge is 2.61. The Labute approximate surface area is 205 Å². The van der Waals surface area contributed by atoms with E-state index in [-0.39, 0.29) is 25.8 Å². The van der Waals surface area contributed by atoms with Crippen molar-refractivity contribution in [2.75, 3.05) is 19.8 Å². The van der Waals surface area contributed by atoms with E-state index < -0.39 is 59.1 Å². The van der Waals surface area contributed by atoms with Crippen molar-refractivity contribution < 1.29 is 38.9 Å². The Balaban J connectivity index is 2.15. The minimum absolute atomic E-state index is 0.0480. The summed E-state index contributed by atoms with van der Waals surface area (Å²) in [6.07, 6.45) is 2.09. The van der Waals surface area contributed by atoms with Gasteiger partial charge in [-0.15, -0.1) is 13.2 Å². The number of carbonyl (C=O) groups excluding carboxylic acids is 3. The first-order valence-electron chi connectivity index (χ1n) is 11.7. The fourth-order valence-corrected chi connectivity index (χ4v) is 4.09. The van der Waals surface area contributed by atoms with Gasteiger partial charge in [0.25, 0.3) is 0 Å². The van der Waals surface area contributed by atoms with Crippen molar-refractivity contribution in [2.45, 2.75) is 75.8 Å². The third-order valence-corrected chi connectivity index (χ3v) is 5.90. The lowest BCUT2D eigenvalue weighted by Crippen LogP contribution is -2.56. The van der Waals surface area contributed by atoms with E-state index in [1.807, 2.05) is 0 Å². The molecule has 5 atom stereocenters. The second-order valence-corrected chi connectivity index (χ2v) is 9.91. The molecule has 35 heavy (non-hydrogen) atoms. The predicted octanol–water partition coefficient (Wildman–Crippen LogP) is 0.970. The van der Waals surface area contributed by atoms with Gasteiger partial charge >= 0.3 is 12.1 Å². The van der Waals surface area contributed by atoms with Gasteiger partial charge in [0.1, 0.15) is 23.2 Å². The van der Waals surface area contributed by atoms with E-state index in [9.17, 15) is 29.4 Å². The van der Waals surface area contributed by atoms with Gasteiger partial charge in [0, 0.05) is 25.5 Å². The Bertz CT molecular complexity index is 839. The molecule has 0 aromatic heterocycles. The van der Waals surface area contributed by atoms with Gasteiger partial charge in [0.05, 0.1) is 12.7 Å². The highest BCUT2D eigenvalue weighted by atomic mass is 16.6. The molecular formula is C24H37N3O8. The number of β-amino-alcohol motifs (C(OH)–C–C–N with tert-alkyl or cyclic N) is 1. The van der Waals surface area contributed by atoms with Crippen LogP contribution in [0.1, 0.15) is 46.5 Å². The van der Waals surface area contributed by atoms with Crippen LogP contribution in [-0.2, 0) is 23.9 Å². The van der Waals surface area contributed by atoms with Gasteiger partial charge in [0.2, 0.25) is 11.8 Å². The molecule has 1 saturated carbocycles. The maximum Gasteiger partial charge on any atom is 0.408 e. The van der Waals surface area contributed by atoms with Gasteiger partial charge in [-0.3, -0.25) is 9.59 Å². The molecule has 3 amide bonds. The summed E-state index contributed by atoms with van der Waals surface area (Å²) in [7, 11) is 0. The van der Waals surface area contributed by atoms with Crippen LogP contribution >= 0.6 is 0 Å². The second-order valence-electron chi connectivity index (χ2n) is 9.91. The molecule has 1 heterocycles. The Morgan fingerprint density at radius 3 is 2.49 bits per heavy atom. The molecule has 0 bridgehead atoms. The van der Waals surface area contributed by atoms with E-state index in [0.717, 1.165) is 0 Å². The van der Waals surface area contributed by atoms with Gasteiger partial charge in [-0.25, -0.2) is 9.59 Å². The lowest BCUT2D eigenvalue weighted by Gasteiger charge is -2.30. The van der Waals surface area contributed by atoms with Gasteiger partial charge < -0.3 is 35.2 Å². The monoisotopic (exact) mass is 495 g/mol. The standard InChI is InChI=1S/C24H37N3O8/c1-6-10-34-11-8-9-17(25-22(33)35-23(3,4)5)20(30)27-14-16(28)12-18(27)19(29)26-24(21(31)32)13-15(24)7-2/h6-7,15-18,28H,1-2,8-14H2,3-5H3,(H,25,33)(H,26,29)(H,31,32)/t15?,16-,17?,18+,24?/m1/s1. The van der Waals surface area contributed by atoms with Crippen LogP contribution in [0, 0.1) is 5.92 Å². The van der Waals surface area contributed by atoms with E-state index in [1.165, 1.54) is 11.0 Å². The molecule has 2 aliphatic rings. The first-order chi connectivity index (χ1) is 16.3. The first-order valence-corrected chi connectivity index (χ1v) is 11.7. The molecule has 0 radical (unpaired) electrons. The van der Waals surface area contributed by atoms with Crippen LogP contribution in [-0.4, -0.2) is 88.1 Å². The Hall–Kier alpha value is -2.92. The number of likely N-dealkylation sites (tertiary alicyclic amines) is 1. The number of nitrogens with zero attached hydrogens (tertiary/aromatic N) is 1. The lowest BCUT2D eigenvalue weighted by atomic mass is 10.1. The summed E-state index contributed by atoms with van der Waals surface area (Å²) >= 11 is 0. The van der Waals surface area contributed by atoms with E-state index in [0.29, 0.717) is 19.6 Å². The smallest absolute Gasteiger partial charge is 0.408 e. The fraction of sp³-hybridized carbons (Fsp3) is 0.667. The van der Waals surface area contributed by atoms with Crippen LogP contribution in [0.15, 0.2) is 25.3 Å². The average Bonchev–Trinajstić information content (AvgIpc) is 3.34. The molecule has 0 aromatic rings. The second kappa shape index (κ2) is 11.7. The van der Waals surface area contributed by atoms with E-state index in [1.54, 1.807) is 26.8 Å². The highest BCUT2D eigenvalue weighted by molar-refractivity contribution is 5.96. The van der Waals surface area contributed by atoms with Gasteiger partial charge in [-0.05, 0) is 40.0 Å². The van der Waals surface area contributed by atoms with Crippen LogP contribution in [0.3, 0.4) is 0 Å². The van der Waals surface area contributed by atoms with Crippen LogP contribution in [0.2, 0.25) is 0 Å². The molecule has 11 heteroatoms. The minimum Gasteiger partial charge on any atom is -0.479 e. The number of carbonyl (C=O) groups is 4. The number of rotatable bonds is 12. The highest BCUT2D eigenvalue weighted by Crippen LogP contribution is 2.44. The molecule has 2 rings (SSSR count). The quantitative estimate of drug-likeness (QED) is 0.231. The van der Waals surface area contributed by atoms with Gasteiger partial charge in [0.15, 0.2) is 0 Å². The molecule has 1 aliphatic heterocycles. The van der Waals surface area contributed by atoms with E-state index in [4.69, 9.17) is 9.47 Å². The maximum absolute atomic E-state index is 13.4. The van der Waals surface area contributed by atoms with Crippen LogP contribution in [0.4, 0.5) is 4.79 Å². The summed E-state index contributed by atoms with van der Waals surface area (Å²) in [5, 5.41) is 24.9. The van der Waals surface area contributed by atoms with Crippen molar-refractivity contribution in [3.05, 3.63) is 25.3 Å². The van der Waals surface area contributed by atoms with E-state index >= 15 is 0 Å². The van der Waals surface area contributed by atoms with Crippen molar-refractivity contribution >= 4 is 23.9 Å². The van der Waals surface area contributed by atoms with Crippen LogP contribution in [0.5, 0.6) is 0 Å². The summed E-state index contributed by atoms with van der Waals surface area (Å²) in [5.74, 6) is -2.85.